The summed E-state index contributed by atoms with van der Waals surface area (Å²) in [6.45, 7) is -0.359. The zero-order valence-corrected chi connectivity index (χ0v) is 15.3. The van der Waals surface area contributed by atoms with E-state index in [2.05, 4.69) is 0 Å². The van der Waals surface area contributed by atoms with Crippen LogP contribution in [0.4, 0.5) is 0 Å². The van der Waals surface area contributed by atoms with E-state index < -0.39 is 30.5 Å². The fraction of sp³-hybridized carbons (Fsp3) is 0.381. The molecular weight excluding hydrogens is 380 g/mol. The Labute approximate surface area is 165 Å². The number of carbonyl (C=O) groups is 1. The van der Waals surface area contributed by atoms with E-state index in [1.807, 2.05) is 0 Å². The number of aliphatic hydroxyl groups excluding tert-OH is 2. The minimum atomic E-state index is -0.885. The fourth-order valence-corrected chi connectivity index (χ4v) is 4.28. The predicted molar refractivity (Wildman–Crippen MR) is 98.3 cm³/mol. The van der Waals surface area contributed by atoms with Gasteiger partial charge < -0.3 is 34.6 Å². The lowest BCUT2D eigenvalue weighted by Gasteiger charge is -2.34. The lowest BCUT2D eigenvalue weighted by Crippen LogP contribution is -2.44. The molecular formula is C21H20O8. The number of phenols is 2. The molecule has 4 N–H and O–H groups in total. The number of fused-ring (bicyclic) bond motifs is 4. The van der Waals surface area contributed by atoms with Gasteiger partial charge in [0, 0.05) is 12.5 Å². The number of rotatable bonds is 2. The van der Waals surface area contributed by atoms with Gasteiger partial charge >= 0.3 is 0 Å². The minimum absolute atomic E-state index is 0.0396. The molecule has 8 nitrogen and oxygen atoms in total. The molecule has 5 rings (SSSR count). The summed E-state index contributed by atoms with van der Waals surface area (Å²) in [5.74, 6) is 0.149. The second-order valence-electron chi connectivity index (χ2n) is 7.57. The number of aromatic hydroxyl groups is 2. The van der Waals surface area contributed by atoms with Crippen LogP contribution in [0, 0.1) is 0 Å². The van der Waals surface area contributed by atoms with Gasteiger partial charge in [-0.25, -0.2) is 0 Å². The smallest absolute Gasteiger partial charge is 0.174 e. The Morgan fingerprint density at radius 3 is 2.55 bits per heavy atom. The van der Waals surface area contributed by atoms with Crippen molar-refractivity contribution in [3.63, 3.8) is 0 Å². The van der Waals surface area contributed by atoms with Gasteiger partial charge in [-0.15, -0.1) is 0 Å². The quantitative estimate of drug-likeness (QED) is 0.601. The van der Waals surface area contributed by atoms with E-state index in [1.54, 1.807) is 18.2 Å². The van der Waals surface area contributed by atoms with Crippen molar-refractivity contribution >= 4 is 5.78 Å². The third kappa shape index (κ3) is 2.83. The summed E-state index contributed by atoms with van der Waals surface area (Å²) < 4.78 is 17.6. The maximum Gasteiger partial charge on any atom is 0.174 e. The fourth-order valence-electron chi connectivity index (χ4n) is 4.28. The van der Waals surface area contributed by atoms with Gasteiger partial charge in [-0.05, 0) is 17.7 Å². The maximum atomic E-state index is 12.8. The second kappa shape index (κ2) is 6.62. The molecule has 0 radical (unpaired) electrons. The van der Waals surface area contributed by atoms with Gasteiger partial charge in [0.05, 0.1) is 24.7 Å². The van der Waals surface area contributed by atoms with Gasteiger partial charge in [0.25, 0.3) is 0 Å². The van der Waals surface area contributed by atoms with E-state index in [0.717, 1.165) is 5.56 Å². The lowest BCUT2D eigenvalue weighted by atomic mass is 9.90. The molecule has 3 heterocycles. The Bertz CT molecular complexity index is 970. The highest BCUT2D eigenvalue weighted by molar-refractivity contribution is 6.03. The normalized spacial score (nSPS) is 30.0. The summed E-state index contributed by atoms with van der Waals surface area (Å²) in [5, 5.41) is 39.8. The molecule has 1 fully saturated rings. The van der Waals surface area contributed by atoms with Gasteiger partial charge in [-0.2, -0.15) is 0 Å². The number of ether oxygens (including phenoxy) is 3. The average Bonchev–Trinajstić information content (AvgIpc) is 3.04. The van der Waals surface area contributed by atoms with Crippen LogP contribution in [-0.2, 0) is 4.74 Å². The van der Waals surface area contributed by atoms with Crippen molar-refractivity contribution in [3.8, 4) is 23.0 Å². The van der Waals surface area contributed by atoms with Crippen molar-refractivity contribution in [2.75, 3.05) is 6.61 Å². The van der Waals surface area contributed by atoms with Gasteiger partial charge in [0.1, 0.15) is 53.0 Å². The third-order valence-corrected chi connectivity index (χ3v) is 5.75. The van der Waals surface area contributed by atoms with E-state index >= 15 is 0 Å². The minimum Gasteiger partial charge on any atom is -0.508 e. The number of phenolic OH excluding ortho intramolecular Hbond substituents is 2. The Kier molecular flexibility index (Phi) is 4.16. The van der Waals surface area contributed by atoms with Crippen molar-refractivity contribution in [2.45, 2.75) is 43.4 Å². The molecule has 0 amide bonds. The van der Waals surface area contributed by atoms with Gasteiger partial charge in [0.15, 0.2) is 5.78 Å². The van der Waals surface area contributed by atoms with Crippen LogP contribution in [0.2, 0.25) is 0 Å². The number of aliphatic hydroxyl groups is 2. The molecule has 152 valence electrons. The summed E-state index contributed by atoms with van der Waals surface area (Å²) in [4.78, 5) is 12.8. The summed E-state index contributed by atoms with van der Waals surface area (Å²) >= 11 is 0. The van der Waals surface area contributed by atoms with Crippen LogP contribution in [0.15, 0.2) is 30.3 Å². The molecule has 3 aliphatic rings. The van der Waals surface area contributed by atoms with Crippen molar-refractivity contribution in [1.29, 1.82) is 0 Å². The van der Waals surface area contributed by atoms with Crippen LogP contribution >= 0.6 is 0 Å². The van der Waals surface area contributed by atoms with Crippen molar-refractivity contribution in [1.82, 2.24) is 0 Å². The van der Waals surface area contributed by atoms with Crippen LogP contribution in [0.3, 0.4) is 0 Å². The Balaban J connectivity index is 1.51. The molecule has 1 saturated heterocycles. The third-order valence-electron chi connectivity index (χ3n) is 5.75. The molecule has 3 aliphatic heterocycles. The molecule has 1 unspecified atom stereocenters. The number of Topliss-reactive ketones (excluding diaryl/α,β-unsaturated/α-hetero) is 1. The Hall–Kier alpha value is -2.81. The first-order chi connectivity index (χ1) is 14.0. The Morgan fingerprint density at radius 1 is 1.07 bits per heavy atom. The summed E-state index contributed by atoms with van der Waals surface area (Å²) in [7, 11) is 0. The summed E-state index contributed by atoms with van der Waals surface area (Å²) in [6.07, 6.45) is -3.15. The van der Waals surface area contributed by atoms with Gasteiger partial charge in [-0.1, -0.05) is 12.1 Å². The van der Waals surface area contributed by atoms with Crippen LogP contribution in [0.1, 0.15) is 46.5 Å². The Morgan fingerprint density at radius 2 is 1.83 bits per heavy atom. The van der Waals surface area contributed by atoms with Crippen LogP contribution < -0.4 is 9.47 Å². The first-order valence-electron chi connectivity index (χ1n) is 9.46. The van der Waals surface area contributed by atoms with Crippen LogP contribution in [-0.4, -0.2) is 51.1 Å². The highest BCUT2D eigenvalue weighted by Gasteiger charge is 2.47. The standard InChI is InChI=1S/C21H20O8/c22-8-17-11(24)5-16-21(29-17)19-15(28-16)7-14-18(20(19)26)12(25)6-13(27-14)9-1-3-10(23)4-2-9/h1-4,7,11,13,16-17,21-24,26H,5-6,8H2/t11-,13?,16-,17+,21+/m0/s1. The number of ketones is 1. The second-order valence-corrected chi connectivity index (χ2v) is 7.57. The van der Waals surface area contributed by atoms with Crippen molar-refractivity contribution in [2.24, 2.45) is 0 Å². The molecule has 2 aromatic rings. The molecule has 0 saturated carbocycles. The largest absolute Gasteiger partial charge is 0.508 e. The number of carbonyl (C=O) groups excluding carboxylic acids is 1. The van der Waals surface area contributed by atoms with Gasteiger partial charge in [-0.3, -0.25) is 4.79 Å². The molecule has 0 spiro atoms. The van der Waals surface area contributed by atoms with Gasteiger partial charge in [0.2, 0.25) is 0 Å². The molecule has 0 aromatic heterocycles. The van der Waals surface area contributed by atoms with E-state index in [9.17, 15) is 25.2 Å². The van der Waals surface area contributed by atoms with Crippen LogP contribution in [0.25, 0.3) is 0 Å². The highest BCUT2D eigenvalue weighted by atomic mass is 16.6. The zero-order valence-electron chi connectivity index (χ0n) is 15.3. The molecule has 8 heteroatoms. The molecule has 0 aliphatic carbocycles. The van der Waals surface area contributed by atoms with E-state index in [-0.39, 0.29) is 48.0 Å². The number of hydrogen-bond donors (Lipinski definition) is 4. The molecule has 2 aromatic carbocycles. The number of hydrogen-bond acceptors (Lipinski definition) is 8. The predicted octanol–water partition coefficient (Wildman–Crippen LogP) is 1.75. The van der Waals surface area contributed by atoms with Crippen molar-refractivity contribution < 1.29 is 39.4 Å². The monoisotopic (exact) mass is 400 g/mol. The SMILES string of the molecule is O=C1CC(c2ccc(O)cc2)Oc2cc3c(c(O)c21)[C@@H]1O[C@H](CO)[C@@H](O)C[C@@H]1O3. The topological polar surface area (TPSA) is 126 Å². The summed E-state index contributed by atoms with van der Waals surface area (Å²) in [5.41, 5.74) is 1.16. The average molecular weight is 400 g/mol. The molecule has 0 bridgehead atoms. The van der Waals surface area contributed by atoms with E-state index in [1.165, 1.54) is 12.1 Å². The first kappa shape index (κ1) is 18.2. The van der Waals surface area contributed by atoms with Crippen LogP contribution in [0.5, 0.6) is 23.0 Å². The molecule has 5 atom stereocenters. The first-order valence-corrected chi connectivity index (χ1v) is 9.46. The van der Waals surface area contributed by atoms with Crippen molar-refractivity contribution in [3.05, 3.63) is 47.0 Å². The lowest BCUT2D eigenvalue weighted by molar-refractivity contribution is -0.165. The maximum absolute atomic E-state index is 12.8. The zero-order chi connectivity index (χ0) is 20.3. The molecule has 29 heavy (non-hydrogen) atoms. The van der Waals surface area contributed by atoms with E-state index in [0.29, 0.717) is 11.3 Å². The highest BCUT2D eigenvalue weighted by Crippen LogP contribution is 2.53. The van der Waals surface area contributed by atoms with E-state index in [4.69, 9.17) is 14.2 Å². The number of benzene rings is 2. The summed E-state index contributed by atoms with van der Waals surface area (Å²) in [6, 6.07) is 7.97.